The van der Waals surface area contributed by atoms with Gasteiger partial charge in [0.1, 0.15) is 0 Å². The molecule has 2 nitrogen and oxygen atoms in total. The normalized spacial score (nSPS) is 39.7. The van der Waals surface area contributed by atoms with E-state index in [1.807, 2.05) is 0 Å². The van der Waals surface area contributed by atoms with Crippen molar-refractivity contribution in [3.05, 3.63) is 0 Å². The summed E-state index contributed by atoms with van der Waals surface area (Å²) in [6.07, 6.45) is 5.81. The first kappa shape index (κ1) is 9.47. The van der Waals surface area contributed by atoms with Crippen molar-refractivity contribution < 1.29 is 0 Å². The van der Waals surface area contributed by atoms with E-state index in [0.29, 0.717) is 0 Å². The van der Waals surface area contributed by atoms with Crippen LogP contribution in [0, 0.1) is 11.3 Å². The second-order valence-corrected chi connectivity index (χ2v) is 5.00. The molecular weight excluding hydrogens is 160 g/mol. The zero-order valence-electron chi connectivity index (χ0n) is 8.97. The number of hydrogen-bond donors (Lipinski definition) is 1. The lowest BCUT2D eigenvalue weighted by Crippen LogP contribution is -2.34. The molecule has 1 heterocycles. The van der Waals surface area contributed by atoms with Gasteiger partial charge in [0, 0.05) is 6.54 Å². The summed E-state index contributed by atoms with van der Waals surface area (Å²) < 4.78 is 0. The van der Waals surface area contributed by atoms with E-state index < -0.39 is 0 Å². The third kappa shape index (κ3) is 1.89. The topological polar surface area (TPSA) is 15.3 Å². The van der Waals surface area contributed by atoms with Gasteiger partial charge >= 0.3 is 0 Å². The molecule has 1 saturated heterocycles. The number of likely N-dealkylation sites (tertiary alicyclic amines) is 1. The van der Waals surface area contributed by atoms with E-state index in [1.54, 1.807) is 0 Å². The first-order valence-corrected chi connectivity index (χ1v) is 5.60. The van der Waals surface area contributed by atoms with E-state index in [2.05, 4.69) is 24.3 Å². The van der Waals surface area contributed by atoms with Gasteiger partial charge in [0.2, 0.25) is 0 Å². The second-order valence-electron chi connectivity index (χ2n) is 5.00. The molecule has 2 aliphatic rings. The average molecular weight is 182 g/mol. The average Bonchev–Trinajstić information content (AvgIpc) is 2.74. The predicted octanol–water partition coefficient (Wildman–Crippen LogP) is 1.33. The van der Waals surface area contributed by atoms with Crippen LogP contribution in [0.3, 0.4) is 0 Å². The highest BCUT2D eigenvalue weighted by molar-refractivity contribution is 5.05. The van der Waals surface area contributed by atoms with Crippen molar-refractivity contribution in [2.45, 2.75) is 25.7 Å². The summed E-state index contributed by atoms with van der Waals surface area (Å²) in [6.45, 7) is 3.89. The molecule has 0 radical (unpaired) electrons. The highest BCUT2D eigenvalue weighted by atomic mass is 15.1. The first-order chi connectivity index (χ1) is 6.27. The molecule has 1 spiro atoms. The minimum absolute atomic E-state index is 0.754. The van der Waals surface area contributed by atoms with Crippen molar-refractivity contribution in [2.75, 3.05) is 33.7 Å². The molecule has 2 heteroatoms. The Morgan fingerprint density at radius 3 is 3.08 bits per heavy atom. The van der Waals surface area contributed by atoms with Crippen LogP contribution in [0.4, 0.5) is 0 Å². The van der Waals surface area contributed by atoms with Crippen molar-refractivity contribution in [1.29, 1.82) is 0 Å². The van der Waals surface area contributed by atoms with Gasteiger partial charge in [-0.25, -0.2) is 0 Å². The van der Waals surface area contributed by atoms with E-state index in [-0.39, 0.29) is 0 Å². The minimum atomic E-state index is 0.754. The van der Waals surface area contributed by atoms with Gasteiger partial charge < -0.3 is 10.2 Å². The molecular formula is C11H22N2. The molecule has 1 aliphatic carbocycles. The molecule has 0 aromatic rings. The van der Waals surface area contributed by atoms with E-state index in [4.69, 9.17) is 0 Å². The Labute approximate surface area is 81.7 Å². The fraction of sp³-hybridized carbons (Fsp3) is 1.00. The molecule has 2 unspecified atom stereocenters. The van der Waals surface area contributed by atoms with Gasteiger partial charge in [-0.15, -0.1) is 0 Å². The molecule has 2 rings (SSSR count). The summed E-state index contributed by atoms with van der Waals surface area (Å²) in [7, 11) is 4.33. The lowest BCUT2D eigenvalue weighted by atomic mass is 9.92. The fourth-order valence-electron chi connectivity index (χ4n) is 3.06. The van der Waals surface area contributed by atoms with Crippen molar-refractivity contribution in [2.24, 2.45) is 11.3 Å². The maximum Gasteiger partial charge on any atom is 0.00377 e. The Morgan fingerprint density at radius 1 is 1.54 bits per heavy atom. The van der Waals surface area contributed by atoms with Gasteiger partial charge in [-0.05, 0) is 64.2 Å². The summed E-state index contributed by atoms with van der Waals surface area (Å²) in [4.78, 5) is 2.52. The standard InChI is InChI=1S/C11H22N2/c1-12-6-4-10-8-11(10)5-3-7-13(2)9-11/h10,12H,3-9H2,1-2H3. The molecule has 0 aromatic carbocycles. The van der Waals surface area contributed by atoms with Crippen LogP contribution in [0.5, 0.6) is 0 Å². The predicted molar refractivity (Wildman–Crippen MR) is 55.8 cm³/mol. The Bertz CT molecular complexity index is 181. The van der Waals surface area contributed by atoms with Crippen molar-refractivity contribution in [3.63, 3.8) is 0 Å². The van der Waals surface area contributed by atoms with E-state index in [1.165, 1.54) is 45.3 Å². The molecule has 0 amide bonds. The summed E-state index contributed by atoms with van der Waals surface area (Å²) in [6, 6.07) is 0. The largest absolute Gasteiger partial charge is 0.320 e. The third-order valence-corrected chi connectivity index (χ3v) is 3.90. The zero-order valence-corrected chi connectivity index (χ0v) is 8.97. The Kier molecular flexibility index (Phi) is 2.61. The highest BCUT2D eigenvalue weighted by Gasteiger charge is 2.53. The number of rotatable bonds is 3. The summed E-state index contributed by atoms with van der Waals surface area (Å²) >= 11 is 0. The summed E-state index contributed by atoms with van der Waals surface area (Å²) in [5.41, 5.74) is 0.754. The quantitative estimate of drug-likeness (QED) is 0.708. The molecule has 2 atom stereocenters. The molecule has 1 saturated carbocycles. The van der Waals surface area contributed by atoms with Crippen LogP contribution < -0.4 is 5.32 Å². The summed E-state index contributed by atoms with van der Waals surface area (Å²) in [5, 5.41) is 3.26. The fourth-order valence-corrected chi connectivity index (χ4v) is 3.06. The van der Waals surface area contributed by atoms with Gasteiger partial charge in [-0.2, -0.15) is 0 Å². The molecule has 1 N–H and O–H groups in total. The number of piperidine rings is 1. The van der Waals surface area contributed by atoms with Crippen molar-refractivity contribution >= 4 is 0 Å². The van der Waals surface area contributed by atoms with Crippen LogP contribution in [0.1, 0.15) is 25.7 Å². The van der Waals surface area contributed by atoms with Crippen LogP contribution in [0.15, 0.2) is 0 Å². The molecule has 2 fully saturated rings. The van der Waals surface area contributed by atoms with E-state index >= 15 is 0 Å². The minimum Gasteiger partial charge on any atom is -0.320 e. The van der Waals surface area contributed by atoms with Crippen molar-refractivity contribution in [3.8, 4) is 0 Å². The SMILES string of the molecule is CNCCC1CC12CCCN(C)C2. The van der Waals surface area contributed by atoms with E-state index in [9.17, 15) is 0 Å². The maximum absolute atomic E-state index is 3.26. The van der Waals surface area contributed by atoms with Crippen LogP contribution in [0.25, 0.3) is 0 Å². The highest BCUT2D eigenvalue weighted by Crippen LogP contribution is 2.59. The number of nitrogens with zero attached hydrogens (tertiary/aromatic N) is 1. The number of hydrogen-bond acceptors (Lipinski definition) is 2. The monoisotopic (exact) mass is 182 g/mol. The molecule has 1 aliphatic heterocycles. The van der Waals surface area contributed by atoms with Gasteiger partial charge in [-0.3, -0.25) is 0 Å². The van der Waals surface area contributed by atoms with Crippen LogP contribution >= 0.6 is 0 Å². The van der Waals surface area contributed by atoms with Crippen LogP contribution in [0.2, 0.25) is 0 Å². The second kappa shape index (κ2) is 3.58. The Hall–Kier alpha value is -0.0800. The van der Waals surface area contributed by atoms with Gasteiger partial charge in [0.15, 0.2) is 0 Å². The summed E-state index contributed by atoms with van der Waals surface area (Å²) in [5.74, 6) is 1.03. The lowest BCUT2D eigenvalue weighted by molar-refractivity contribution is 0.179. The Morgan fingerprint density at radius 2 is 2.38 bits per heavy atom. The Balaban J connectivity index is 1.80. The third-order valence-electron chi connectivity index (χ3n) is 3.90. The first-order valence-electron chi connectivity index (χ1n) is 5.60. The zero-order chi connectivity index (χ0) is 9.31. The molecule has 76 valence electrons. The van der Waals surface area contributed by atoms with Gasteiger partial charge in [-0.1, -0.05) is 0 Å². The molecule has 0 bridgehead atoms. The maximum atomic E-state index is 3.26. The van der Waals surface area contributed by atoms with Crippen molar-refractivity contribution in [1.82, 2.24) is 10.2 Å². The van der Waals surface area contributed by atoms with Gasteiger partial charge in [0.05, 0.1) is 0 Å². The molecule has 0 aromatic heterocycles. The van der Waals surface area contributed by atoms with Crippen LogP contribution in [-0.4, -0.2) is 38.6 Å². The van der Waals surface area contributed by atoms with Crippen LogP contribution in [-0.2, 0) is 0 Å². The smallest absolute Gasteiger partial charge is 0.00377 e. The number of nitrogens with one attached hydrogen (secondary N) is 1. The molecule has 13 heavy (non-hydrogen) atoms. The van der Waals surface area contributed by atoms with E-state index in [0.717, 1.165) is 11.3 Å². The lowest BCUT2D eigenvalue weighted by Gasteiger charge is -2.30. The van der Waals surface area contributed by atoms with Gasteiger partial charge in [0.25, 0.3) is 0 Å².